The molecule has 7 heteroatoms. The van der Waals surface area contributed by atoms with E-state index in [2.05, 4.69) is 10.1 Å². The van der Waals surface area contributed by atoms with Crippen molar-refractivity contribution in [3.8, 4) is 5.75 Å². The first-order chi connectivity index (χ1) is 9.13. The fraction of sp³-hybridized carbons (Fsp3) is 0.462. The molecule has 1 amide bonds. The molecule has 3 N–H and O–H groups in total. The molecule has 0 aromatic heterocycles. The number of para-hydroxylation sites is 1. The molecular weight excluding hydrogens is 290 g/mol. The van der Waals surface area contributed by atoms with E-state index < -0.39 is 6.61 Å². The van der Waals surface area contributed by atoms with Crippen LogP contribution in [-0.4, -0.2) is 25.6 Å². The Balaban J connectivity index is 0.00000361. The summed E-state index contributed by atoms with van der Waals surface area (Å²) >= 11 is 0. The van der Waals surface area contributed by atoms with Crippen LogP contribution in [0.1, 0.15) is 18.4 Å². The first-order valence-electron chi connectivity index (χ1n) is 6.13. The van der Waals surface area contributed by atoms with Gasteiger partial charge in [0, 0.05) is 12.1 Å². The quantitative estimate of drug-likeness (QED) is 0.723. The van der Waals surface area contributed by atoms with Gasteiger partial charge in [-0.05, 0) is 25.5 Å². The van der Waals surface area contributed by atoms with Crippen LogP contribution in [-0.2, 0) is 11.2 Å². The molecule has 0 spiro atoms. The van der Waals surface area contributed by atoms with E-state index in [1.165, 1.54) is 6.07 Å². The van der Waals surface area contributed by atoms with Gasteiger partial charge in [-0.15, -0.1) is 12.4 Å². The van der Waals surface area contributed by atoms with E-state index in [0.29, 0.717) is 18.7 Å². The number of nitrogens with one attached hydrogen (secondary N) is 1. The van der Waals surface area contributed by atoms with E-state index in [1.807, 2.05) is 0 Å². The molecule has 20 heavy (non-hydrogen) atoms. The van der Waals surface area contributed by atoms with Crippen molar-refractivity contribution in [2.24, 2.45) is 5.73 Å². The molecular formula is C13H19ClF2N2O2. The van der Waals surface area contributed by atoms with E-state index in [0.717, 1.165) is 12.8 Å². The molecule has 1 aromatic carbocycles. The standard InChI is InChI=1S/C13H18F2N2O2.ClH/c14-13(15)19-11-6-2-1-5-10(11)9-12(18)17-8-4-3-7-16;/h1-2,5-6,13H,3-4,7-9,16H2,(H,17,18);1H. The summed E-state index contributed by atoms with van der Waals surface area (Å²) < 4.78 is 28.7. The Morgan fingerprint density at radius 1 is 1.30 bits per heavy atom. The average Bonchev–Trinajstić information content (AvgIpc) is 2.36. The minimum atomic E-state index is -2.89. The lowest BCUT2D eigenvalue weighted by Crippen LogP contribution is -2.26. The zero-order valence-corrected chi connectivity index (χ0v) is 11.8. The number of carbonyl (C=O) groups excluding carboxylic acids is 1. The lowest BCUT2D eigenvalue weighted by Gasteiger charge is -2.10. The predicted octanol–water partition coefficient (Wildman–Crippen LogP) is 2.11. The van der Waals surface area contributed by atoms with Gasteiger partial charge in [-0.1, -0.05) is 18.2 Å². The molecule has 0 saturated heterocycles. The molecule has 1 aromatic rings. The summed E-state index contributed by atoms with van der Waals surface area (Å²) in [5.74, 6) is -0.183. The number of hydrogen-bond acceptors (Lipinski definition) is 3. The summed E-state index contributed by atoms with van der Waals surface area (Å²) in [5.41, 5.74) is 5.78. The number of carbonyl (C=O) groups is 1. The number of unbranched alkanes of at least 4 members (excludes halogenated alkanes) is 1. The molecule has 0 aliphatic rings. The number of rotatable bonds is 8. The van der Waals surface area contributed by atoms with Crippen molar-refractivity contribution < 1.29 is 18.3 Å². The van der Waals surface area contributed by atoms with Crippen molar-refractivity contribution in [3.63, 3.8) is 0 Å². The molecule has 0 atom stereocenters. The Hall–Kier alpha value is -1.40. The van der Waals surface area contributed by atoms with Crippen LogP contribution in [0, 0.1) is 0 Å². The van der Waals surface area contributed by atoms with Gasteiger partial charge in [0.2, 0.25) is 5.91 Å². The Morgan fingerprint density at radius 2 is 2.00 bits per heavy atom. The van der Waals surface area contributed by atoms with Gasteiger partial charge >= 0.3 is 6.61 Å². The molecule has 0 heterocycles. The second-order valence-electron chi connectivity index (χ2n) is 4.01. The molecule has 0 unspecified atom stereocenters. The Bertz CT molecular complexity index is 406. The minimum absolute atomic E-state index is 0. The highest BCUT2D eigenvalue weighted by molar-refractivity contribution is 5.85. The maximum absolute atomic E-state index is 12.2. The minimum Gasteiger partial charge on any atom is -0.435 e. The summed E-state index contributed by atoms with van der Waals surface area (Å²) in [6.07, 6.45) is 1.66. The van der Waals surface area contributed by atoms with Gasteiger partial charge < -0.3 is 15.8 Å². The third kappa shape index (κ3) is 7.25. The summed E-state index contributed by atoms with van der Waals surface area (Å²) in [6.45, 7) is -1.77. The van der Waals surface area contributed by atoms with E-state index in [9.17, 15) is 13.6 Å². The normalized spacial score (nSPS) is 10.0. The SMILES string of the molecule is Cl.NCCCCNC(=O)Cc1ccccc1OC(F)F. The number of halogens is 3. The lowest BCUT2D eigenvalue weighted by molar-refractivity contribution is -0.120. The lowest BCUT2D eigenvalue weighted by atomic mass is 10.1. The van der Waals surface area contributed by atoms with Crippen molar-refractivity contribution in [3.05, 3.63) is 29.8 Å². The van der Waals surface area contributed by atoms with Crippen LogP contribution in [0.15, 0.2) is 24.3 Å². The third-order valence-electron chi connectivity index (χ3n) is 2.49. The molecule has 0 fully saturated rings. The van der Waals surface area contributed by atoms with Crippen LogP contribution in [0.2, 0.25) is 0 Å². The second kappa shape index (κ2) is 10.4. The first kappa shape index (κ1) is 18.6. The van der Waals surface area contributed by atoms with Crippen LogP contribution in [0.5, 0.6) is 5.75 Å². The number of nitrogens with two attached hydrogens (primary N) is 1. The number of amides is 1. The Morgan fingerprint density at radius 3 is 2.65 bits per heavy atom. The topological polar surface area (TPSA) is 64.3 Å². The van der Waals surface area contributed by atoms with Crippen LogP contribution < -0.4 is 15.8 Å². The van der Waals surface area contributed by atoms with Crippen molar-refractivity contribution in [1.82, 2.24) is 5.32 Å². The van der Waals surface area contributed by atoms with Crippen molar-refractivity contribution in [2.45, 2.75) is 25.9 Å². The highest BCUT2D eigenvalue weighted by atomic mass is 35.5. The first-order valence-corrected chi connectivity index (χ1v) is 6.13. The van der Waals surface area contributed by atoms with E-state index in [1.54, 1.807) is 18.2 Å². The van der Waals surface area contributed by atoms with E-state index in [4.69, 9.17) is 5.73 Å². The monoisotopic (exact) mass is 308 g/mol. The van der Waals surface area contributed by atoms with Crippen LogP contribution >= 0.6 is 12.4 Å². The molecule has 0 aliphatic carbocycles. The second-order valence-corrected chi connectivity index (χ2v) is 4.01. The van der Waals surface area contributed by atoms with Crippen LogP contribution in [0.3, 0.4) is 0 Å². The molecule has 0 saturated carbocycles. The maximum atomic E-state index is 12.2. The summed E-state index contributed by atoms with van der Waals surface area (Å²) in [4.78, 5) is 11.6. The third-order valence-corrected chi connectivity index (χ3v) is 2.49. The molecule has 0 aliphatic heterocycles. The number of benzene rings is 1. The molecule has 4 nitrogen and oxygen atoms in total. The van der Waals surface area contributed by atoms with Gasteiger partial charge in [0.1, 0.15) is 5.75 Å². The Labute approximate surface area is 123 Å². The van der Waals surface area contributed by atoms with Gasteiger partial charge in [0.15, 0.2) is 0 Å². The molecule has 1 rings (SSSR count). The largest absolute Gasteiger partial charge is 0.435 e. The van der Waals surface area contributed by atoms with E-state index in [-0.39, 0.29) is 30.5 Å². The average molecular weight is 309 g/mol. The van der Waals surface area contributed by atoms with Crippen molar-refractivity contribution in [2.75, 3.05) is 13.1 Å². The van der Waals surface area contributed by atoms with Crippen LogP contribution in [0.4, 0.5) is 8.78 Å². The Kier molecular flexibility index (Phi) is 9.67. The van der Waals surface area contributed by atoms with Gasteiger partial charge in [-0.3, -0.25) is 4.79 Å². The maximum Gasteiger partial charge on any atom is 0.387 e. The highest BCUT2D eigenvalue weighted by Crippen LogP contribution is 2.20. The highest BCUT2D eigenvalue weighted by Gasteiger charge is 2.11. The smallest absolute Gasteiger partial charge is 0.387 e. The number of hydrogen-bond donors (Lipinski definition) is 2. The van der Waals surface area contributed by atoms with Gasteiger partial charge in [0.05, 0.1) is 6.42 Å². The molecule has 0 bridgehead atoms. The summed E-state index contributed by atoms with van der Waals surface area (Å²) in [7, 11) is 0. The van der Waals surface area contributed by atoms with Crippen LogP contribution in [0.25, 0.3) is 0 Å². The number of ether oxygens (including phenoxy) is 1. The zero-order valence-electron chi connectivity index (χ0n) is 11.0. The van der Waals surface area contributed by atoms with Gasteiger partial charge in [-0.25, -0.2) is 0 Å². The van der Waals surface area contributed by atoms with E-state index >= 15 is 0 Å². The predicted molar refractivity (Wildman–Crippen MR) is 75.3 cm³/mol. The summed E-state index contributed by atoms with van der Waals surface area (Å²) in [5, 5.41) is 2.71. The fourth-order valence-electron chi connectivity index (χ4n) is 1.59. The molecule has 0 radical (unpaired) electrons. The van der Waals surface area contributed by atoms with Gasteiger partial charge in [-0.2, -0.15) is 8.78 Å². The summed E-state index contributed by atoms with van der Waals surface area (Å²) in [6, 6.07) is 6.27. The fourth-order valence-corrected chi connectivity index (χ4v) is 1.59. The molecule has 114 valence electrons. The van der Waals surface area contributed by atoms with Gasteiger partial charge in [0.25, 0.3) is 0 Å². The van der Waals surface area contributed by atoms with Crippen molar-refractivity contribution >= 4 is 18.3 Å². The van der Waals surface area contributed by atoms with Crippen molar-refractivity contribution in [1.29, 1.82) is 0 Å². The zero-order chi connectivity index (χ0) is 14.1. The number of alkyl halides is 2.